The fourth-order valence-corrected chi connectivity index (χ4v) is 5.78. The molecule has 1 aliphatic heterocycles. The molecule has 1 aliphatic rings. The number of hydrogen-bond acceptors (Lipinski definition) is 8. The molecule has 3 aromatic rings. The first-order valence-electron chi connectivity index (χ1n) is 10.5. The van der Waals surface area contributed by atoms with Crippen molar-refractivity contribution in [1.29, 1.82) is 0 Å². The zero-order valence-electron chi connectivity index (χ0n) is 18.5. The summed E-state index contributed by atoms with van der Waals surface area (Å²) < 4.78 is 33.0. The van der Waals surface area contributed by atoms with E-state index in [1.807, 2.05) is 7.05 Å². The number of H-pyrrole nitrogens is 1. The summed E-state index contributed by atoms with van der Waals surface area (Å²) in [5.74, 6) is -0.328. The summed E-state index contributed by atoms with van der Waals surface area (Å²) in [6.45, 7) is 6.22. The Labute approximate surface area is 202 Å². The monoisotopic (exact) mass is 504 g/mol. The molecule has 1 unspecified atom stereocenters. The molecule has 1 saturated heterocycles. The number of para-hydroxylation sites is 1. The van der Waals surface area contributed by atoms with Crippen molar-refractivity contribution in [3.8, 4) is 34.3 Å². The number of rotatable bonds is 7. The van der Waals surface area contributed by atoms with Gasteiger partial charge in [-0.1, -0.05) is 29.8 Å². The number of nitrogens with one attached hydrogen (secondary N) is 1. The molecule has 0 radical (unpaired) electrons. The summed E-state index contributed by atoms with van der Waals surface area (Å²) in [5, 5.41) is 27.1. The number of hydrogen-bond donors (Lipinski definition) is 3. The van der Waals surface area contributed by atoms with Gasteiger partial charge in [-0.2, -0.15) is 5.10 Å². The second-order valence-electron chi connectivity index (χ2n) is 7.99. The number of aromatic hydroxyl groups is 2. The Morgan fingerprint density at radius 2 is 1.85 bits per heavy atom. The maximum absolute atomic E-state index is 13.6. The van der Waals surface area contributed by atoms with Crippen LogP contribution in [0.15, 0.2) is 60.1 Å². The number of phenols is 2. The first-order valence-corrected chi connectivity index (χ1v) is 12.5. The summed E-state index contributed by atoms with van der Waals surface area (Å²) in [6.07, 6.45) is 2.74. The van der Waals surface area contributed by atoms with Gasteiger partial charge in [-0.15, -0.1) is 6.58 Å². The van der Waals surface area contributed by atoms with Crippen molar-refractivity contribution in [1.82, 2.24) is 20.0 Å². The first kappa shape index (κ1) is 24.1. The van der Waals surface area contributed by atoms with Crippen molar-refractivity contribution in [2.24, 2.45) is 0 Å². The van der Waals surface area contributed by atoms with Gasteiger partial charge in [0.1, 0.15) is 33.2 Å². The topological polar surface area (TPSA) is 119 Å². The van der Waals surface area contributed by atoms with E-state index < -0.39 is 21.0 Å². The van der Waals surface area contributed by atoms with Crippen molar-refractivity contribution in [2.45, 2.75) is 10.3 Å². The third-order valence-corrected chi connectivity index (χ3v) is 8.11. The van der Waals surface area contributed by atoms with Gasteiger partial charge >= 0.3 is 0 Å². The standard InChI is InChI=1S/C23H25ClN4O5S/c1-3-22(28-10-8-27(2)9-11-28)34(31,32)21-12-15(17(29)13-18(21)30)23-20(14-25-26-23)33-19-7-5-4-6-16(19)24/h3-7,12-14,22,29-30H,1,8-11H2,2H3,(H,25,26). The highest BCUT2D eigenvalue weighted by molar-refractivity contribution is 7.92. The minimum atomic E-state index is -4.08. The van der Waals surface area contributed by atoms with Gasteiger partial charge in [0.15, 0.2) is 5.75 Å². The predicted molar refractivity (Wildman–Crippen MR) is 129 cm³/mol. The Morgan fingerprint density at radius 3 is 2.53 bits per heavy atom. The Morgan fingerprint density at radius 1 is 1.15 bits per heavy atom. The van der Waals surface area contributed by atoms with Crippen LogP contribution in [0.25, 0.3) is 11.3 Å². The molecule has 0 amide bonds. The molecular formula is C23H25ClN4O5S. The van der Waals surface area contributed by atoms with Crippen LogP contribution in [0.4, 0.5) is 0 Å². The zero-order chi connectivity index (χ0) is 24.5. The molecule has 34 heavy (non-hydrogen) atoms. The lowest BCUT2D eigenvalue weighted by atomic mass is 10.1. The summed E-state index contributed by atoms with van der Waals surface area (Å²) >= 11 is 6.18. The number of nitrogens with zero attached hydrogens (tertiary/aromatic N) is 3. The normalized spacial score (nSPS) is 16.3. The lowest BCUT2D eigenvalue weighted by Gasteiger charge is -2.36. The van der Waals surface area contributed by atoms with Crippen LogP contribution in [0.3, 0.4) is 0 Å². The van der Waals surface area contributed by atoms with Gasteiger partial charge in [-0.3, -0.25) is 10.00 Å². The molecule has 1 fully saturated rings. The van der Waals surface area contributed by atoms with Gasteiger partial charge in [0, 0.05) is 37.8 Å². The largest absolute Gasteiger partial charge is 0.507 e. The zero-order valence-corrected chi connectivity index (χ0v) is 20.1. The van der Waals surface area contributed by atoms with Crippen molar-refractivity contribution in [2.75, 3.05) is 33.2 Å². The SMILES string of the molecule is C=CC(N1CCN(C)CC1)S(=O)(=O)c1cc(-c2[nH]ncc2Oc2ccccc2Cl)c(O)cc1O. The second kappa shape index (κ2) is 9.67. The van der Waals surface area contributed by atoms with Gasteiger partial charge < -0.3 is 19.8 Å². The molecule has 0 saturated carbocycles. The van der Waals surface area contributed by atoms with Crippen LogP contribution in [-0.2, 0) is 9.84 Å². The maximum Gasteiger partial charge on any atom is 0.201 e. The van der Waals surface area contributed by atoms with E-state index in [4.69, 9.17) is 16.3 Å². The molecule has 0 bridgehead atoms. The molecule has 1 aromatic heterocycles. The highest BCUT2D eigenvalue weighted by Crippen LogP contribution is 2.42. The molecule has 9 nitrogen and oxygen atoms in total. The quantitative estimate of drug-likeness (QED) is 0.418. The number of aromatic amines is 1. The number of aromatic nitrogens is 2. The summed E-state index contributed by atoms with van der Waals surface area (Å²) in [4.78, 5) is 3.58. The molecule has 3 N–H and O–H groups in total. The summed E-state index contributed by atoms with van der Waals surface area (Å²) in [6, 6.07) is 9.03. The summed E-state index contributed by atoms with van der Waals surface area (Å²) in [5.41, 5.74) is 0.320. The van der Waals surface area contributed by atoms with E-state index in [9.17, 15) is 18.6 Å². The van der Waals surface area contributed by atoms with Crippen LogP contribution >= 0.6 is 11.6 Å². The number of phenolic OH excluding ortho intramolecular Hbond substituents is 2. The Balaban J connectivity index is 1.73. The van der Waals surface area contributed by atoms with Crippen LogP contribution in [0, 0.1) is 0 Å². The molecule has 1 atom stereocenters. The third kappa shape index (κ3) is 4.62. The molecule has 4 rings (SSSR count). The van der Waals surface area contributed by atoms with E-state index in [0.29, 0.717) is 37.0 Å². The fourth-order valence-electron chi connectivity index (χ4n) is 3.86. The highest BCUT2D eigenvalue weighted by Gasteiger charge is 2.35. The molecule has 11 heteroatoms. The summed E-state index contributed by atoms with van der Waals surface area (Å²) in [7, 11) is -2.10. The van der Waals surface area contributed by atoms with Crippen molar-refractivity contribution >= 4 is 21.4 Å². The minimum absolute atomic E-state index is 0.0946. The number of likely N-dealkylation sites (N-methyl/N-ethyl adjacent to an activating group) is 1. The van der Waals surface area contributed by atoms with Crippen LogP contribution in [0.2, 0.25) is 5.02 Å². The van der Waals surface area contributed by atoms with Crippen molar-refractivity contribution < 1.29 is 23.4 Å². The van der Waals surface area contributed by atoms with Crippen LogP contribution in [0.1, 0.15) is 0 Å². The average molecular weight is 505 g/mol. The Kier molecular flexibility index (Phi) is 6.85. The molecule has 0 spiro atoms. The molecule has 2 heterocycles. The Hall–Kier alpha value is -3.05. The van der Waals surface area contributed by atoms with Crippen LogP contribution < -0.4 is 4.74 Å². The van der Waals surface area contributed by atoms with E-state index in [-0.39, 0.29) is 27.7 Å². The Bertz CT molecular complexity index is 1300. The smallest absolute Gasteiger partial charge is 0.201 e. The lowest BCUT2D eigenvalue weighted by molar-refractivity contribution is 0.154. The first-order chi connectivity index (χ1) is 16.2. The molecule has 0 aliphatic carbocycles. The van der Waals surface area contributed by atoms with Crippen LogP contribution in [0.5, 0.6) is 23.0 Å². The van der Waals surface area contributed by atoms with E-state index >= 15 is 0 Å². The molecular weight excluding hydrogens is 480 g/mol. The van der Waals surface area contributed by atoms with Gasteiger partial charge in [0.25, 0.3) is 0 Å². The number of ether oxygens (including phenoxy) is 1. The van der Waals surface area contributed by atoms with Gasteiger partial charge in [-0.05, 0) is 25.2 Å². The van der Waals surface area contributed by atoms with Crippen molar-refractivity contribution in [3.05, 3.63) is 60.3 Å². The third-order valence-electron chi connectivity index (χ3n) is 5.73. The number of benzene rings is 2. The molecule has 180 valence electrons. The predicted octanol–water partition coefficient (Wildman–Crippen LogP) is 3.47. The maximum atomic E-state index is 13.6. The van der Waals surface area contributed by atoms with Gasteiger partial charge in [-0.25, -0.2) is 8.42 Å². The van der Waals surface area contributed by atoms with E-state index in [2.05, 4.69) is 21.7 Å². The number of halogens is 1. The lowest BCUT2D eigenvalue weighted by Crippen LogP contribution is -2.50. The second-order valence-corrected chi connectivity index (χ2v) is 10.4. The van der Waals surface area contributed by atoms with Gasteiger partial charge in [0.05, 0.1) is 11.2 Å². The van der Waals surface area contributed by atoms with E-state index in [0.717, 1.165) is 6.07 Å². The van der Waals surface area contributed by atoms with E-state index in [1.165, 1.54) is 18.3 Å². The highest BCUT2D eigenvalue weighted by atomic mass is 35.5. The van der Waals surface area contributed by atoms with Crippen molar-refractivity contribution in [3.63, 3.8) is 0 Å². The van der Waals surface area contributed by atoms with Crippen LogP contribution in [-0.4, -0.2) is 77.2 Å². The fraction of sp³-hybridized carbons (Fsp3) is 0.261. The van der Waals surface area contributed by atoms with E-state index in [1.54, 1.807) is 29.2 Å². The average Bonchev–Trinajstić information content (AvgIpc) is 3.24. The minimum Gasteiger partial charge on any atom is -0.507 e. The number of sulfone groups is 1. The molecule has 2 aromatic carbocycles. The van der Waals surface area contributed by atoms with Gasteiger partial charge in [0.2, 0.25) is 9.84 Å². The number of piperazine rings is 1.